The van der Waals surface area contributed by atoms with E-state index in [1.54, 1.807) is 6.20 Å². The van der Waals surface area contributed by atoms with Crippen LogP contribution in [0.2, 0.25) is 0 Å². The monoisotopic (exact) mass is 593 g/mol. The van der Waals surface area contributed by atoms with Crippen LogP contribution in [-0.2, 0) is 14.6 Å². The molecule has 0 spiro atoms. The molecule has 2 aromatic heterocycles. The van der Waals surface area contributed by atoms with Crippen molar-refractivity contribution >= 4 is 44.0 Å². The Bertz CT molecular complexity index is 1740. The maximum absolute atomic E-state index is 15.0. The van der Waals surface area contributed by atoms with Crippen molar-refractivity contribution in [2.45, 2.75) is 44.2 Å². The molecule has 1 amide bonds. The fourth-order valence-corrected chi connectivity index (χ4v) is 6.41. The predicted molar refractivity (Wildman–Crippen MR) is 163 cm³/mol. The second-order valence-corrected chi connectivity index (χ2v) is 12.9. The molecule has 0 aliphatic carbocycles. The zero-order valence-electron chi connectivity index (χ0n) is 24.4. The molecule has 1 fully saturated rings. The second kappa shape index (κ2) is 11.8. The number of hydrogen-bond donors (Lipinski definition) is 3. The molecule has 10 nitrogen and oxygen atoms in total. The van der Waals surface area contributed by atoms with E-state index < -0.39 is 20.5 Å². The van der Waals surface area contributed by atoms with Gasteiger partial charge in [0.25, 0.3) is 0 Å². The fourth-order valence-electron chi connectivity index (χ4n) is 5.65. The van der Waals surface area contributed by atoms with Gasteiger partial charge in [0.05, 0.1) is 28.6 Å². The van der Waals surface area contributed by atoms with Crippen LogP contribution in [0.3, 0.4) is 0 Å². The van der Waals surface area contributed by atoms with Crippen LogP contribution in [-0.4, -0.2) is 84.1 Å². The first-order valence-corrected chi connectivity index (χ1v) is 15.8. The number of anilines is 3. The van der Waals surface area contributed by atoms with Gasteiger partial charge in [0.1, 0.15) is 4.90 Å². The number of para-hydroxylation sites is 1. The van der Waals surface area contributed by atoms with Crippen LogP contribution in [0, 0.1) is 12.7 Å². The summed E-state index contributed by atoms with van der Waals surface area (Å²) in [5.74, 6) is -0.818. The average Bonchev–Trinajstić information content (AvgIpc) is 3.37. The lowest BCUT2D eigenvalue weighted by atomic mass is 10.1. The van der Waals surface area contributed by atoms with E-state index in [9.17, 15) is 17.6 Å². The van der Waals surface area contributed by atoms with Crippen LogP contribution in [0.15, 0.2) is 53.7 Å². The van der Waals surface area contributed by atoms with Gasteiger partial charge >= 0.3 is 0 Å². The van der Waals surface area contributed by atoms with Gasteiger partial charge in [-0.1, -0.05) is 25.1 Å². The highest BCUT2D eigenvalue weighted by Gasteiger charge is 2.31. The number of fused-ring (bicyclic) bond motifs is 1. The molecule has 222 valence electrons. The molecule has 5 rings (SSSR count). The van der Waals surface area contributed by atoms with E-state index in [0.717, 1.165) is 47.9 Å². The van der Waals surface area contributed by atoms with Crippen LogP contribution >= 0.6 is 0 Å². The van der Waals surface area contributed by atoms with Crippen LogP contribution in [0.25, 0.3) is 22.2 Å². The Balaban J connectivity index is 1.43. The maximum atomic E-state index is 15.0. The summed E-state index contributed by atoms with van der Waals surface area (Å²) in [6.45, 7) is 8.76. The molecule has 2 atom stereocenters. The lowest BCUT2D eigenvalue weighted by molar-refractivity contribution is -0.123. The van der Waals surface area contributed by atoms with Crippen LogP contribution < -0.4 is 10.6 Å². The largest absolute Gasteiger partial charge is 0.359 e. The number of H-pyrrole nitrogens is 1. The Morgan fingerprint density at radius 1 is 1.19 bits per heavy atom. The molecule has 0 saturated carbocycles. The number of carbonyl (C=O) groups is 1. The molecule has 1 aliphatic heterocycles. The number of hydrogen-bond acceptors (Lipinski definition) is 8. The molecular weight excluding hydrogens is 557 g/mol. The van der Waals surface area contributed by atoms with Crippen molar-refractivity contribution in [2.24, 2.45) is 0 Å². The van der Waals surface area contributed by atoms with Crippen molar-refractivity contribution in [3.63, 3.8) is 0 Å². The summed E-state index contributed by atoms with van der Waals surface area (Å²) in [6, 6.07) is 9.85. The Hall–Kier alpha value is -3.87. The average molecular weight is 594 g/mol. The molecule has 2 aromatic carbocycles. The van der Waals surface area contributed by atoms with E-state index in [0.29, 0.717) is 17.8 Å². The number of likely N-dealkylation sites (N-methyl/N-ethyl adjacent to an activating group) is 1. The summed E-state index contributed by atoms with van der Waals surface area (Å²) in [5, 5.41) is 6.82. The number of piperazine rings is 1. The van der Waals surface area contributed by atoms with Crippen molar-refractivity contribution < 1.29 is 17.6 Å². The van der Waals surface area contributed by atoms with Crippen LogP contribution in [0.5, 0.6) is 0 Å². The van der Waals surface area contributed by atoms with E-state index in [1.807, 2.05) is 38.2 Å². The topological polar surface area (TPSA) is 123 Å². The Morgan fingerprint density at radius 3 is 2.64 bits per heavy atom. The van der Waals surface area contributed by atoms with Gasteiger partial charge in [-0.05, 0) is 51.1 Å². The highest BCUT2D eigenvalue weighted by Crippen LogP contribution is 2.34. The number of aromatic amines is 1. The van der Waals surface area contributed by atoms with Gasteiger partial charge in [-0.15, -0.1) is 0 Å². The number of nitrogens with zero attached hydrogens (tertiary/aromatic N) is 4. The smallest absolute Gasteiger partial charge is 0.241 e. The van der Waals surface area contributed by atoms with E-state index in [1.165, 1.54) is 18.2 Å². The minimum absolute atomic E-state index is 0.0411. The third-order valence-corrected chi connectivity index (χ3v) is 8.90. The highest BCUT2D eigenvalue weighted by atomic mass is 32.2. The Kier molecular flexibility index (Phi) is 8.31. The van der Waals surface area contributed by atoms with Gasteiger partial charge in [-0.2, -0.15) is 0 Å². The van der Waals surface area contributed by atoms with Gasteiger partial charge in [0.2, 0.25) is 11.9 Å². The molecule has 42 heavy (non-hydrogen) atoms. The summed E-state index contributed by atoms with van der Waals surface area (Å²) in [6.07, 6.45) is 5.11. The second-order valence-electron chi connectivity index (χ2n) is 10.9. The number of benzene rings is 2. The zero-order chi connectivity index (χ0) is 30.2. The van der Waals surface area contributed by atoms with Gasteiger partial charge in [-0.3, -0.25) is 9.69 Å². The Labute approximate surface area is 245 Å². The maximum Gasteiger partial charge on any atom is 0.241 e. The number of carbonyl (C=O) groups excluding carboxylic acids is 1. The third kappa shape index (κ3) is 5.87. The number of aromatic nitrogens is 3. The molecule has 0 bridgehead atoms. The van der Waals surface area contributed by atoms with Gasteiger partial charge in [0, 0.05) is 55.3 Å². The Morgan fingerprint density at radius 2 is 1.93 bits per heavy atom. The fraction of sp³-hybridized carbons (Fsp3) is 0.367. The normalized spacial score (nSPS) is 17.3. The van der Waals surface area contributed by atoms with Crippen molar-refractivity contribution in [1.29, 1.82) is 0 Å². The molecular formula is C30H36FN7O3S. The van der Waals surface area contributed by atoms with Crippen molar-refractivity contribution in [2.75, 3.05) is 43.6 Å². The van der Waals surface area contributed by atoms with Crippen LogP contribution in [0.1, 0.15) is 25.8 Å². The molecule has 12 heteroatoms. The molecule has 3 N–H and O–H groups in total. The van der Waals surface area contributed by atoms with Crippen molar-refractivity contribution in [1.82, 2.24) is 24.8 Å². The van der Waals surface area contributed by atoms with Crippen LogP contribution in [0.4, 0.5) is 21.7 Å². The van der Waals surface area contributed by atoms with E-state index >= 15 is 0 Å². The number of amides is 1. The number of halogens is 1. The first kappa shape index (κ1) is 29.6. The highest BCUT2D eigenvalue weighted by molar-refractivity contribution is 7.90. The first-order valence-electron chi connectivity index (χ1n) is 13.9. The number of aryl methyl sites for hydroxylation is 1. The lowest BCUT2D eigenvalue weighted by Crippen LogP contribution is -2.57. The molecule has 1 unspecified atom stereocenters. The summed E-state index contributed by atoms with van der Waals surface area (Å²) in [5.41, 5.74) is 3.58. The summed E-state index contributed by atoms with van der Waals surface area (Å²) in [7, 11) is -1.65. The number of nitrogens with one attached hydrogen (secondary N) is 3. The number of sulfone groups is 1. The number of rotatable bonds is 8. The summed E-state index contributed by atoms with van der Waals surface area (Å²) < 4.78 is 38.9. The zero-order valence-corrected chi connectivity index (χ0v) is 25.2. The minimum atomic E-state index is -3.75. The van der Waals surface area contributed by atoms with Crippen molar-refractivity contribution in [3.8, 4) is 11.3 Å². The SMILES string of the molecule is CCC(C(=O)Nc1cccc2c(-c3nc(Nc4cccc(S(C)(=O)=O)c4F)ncc3C)c[nH]c12)N1CCN(C)C[C@@H]1C. The summed E-state index contributed by atoms with van der Waals surface area (Å²) >= 11 is 0. The molecule has 1 aliphatic rings. The third-order valence-electron chi connectivity index (χ3n) is 7.78. The van der Waals surface area contributed by atoms with Gasteiger partial charge < -0.3 is 20.5 Å². The van der Waals surface area contributed by atoms with E-state index in [-0.39, 0.29) is 29.6 Å². The predicted octanol–water partition coefficient (Wildman–Crippen LogP) is 4.57. The van der Waals surface area contributed by atoms with Crippen molar-refractivity contribution in [3.05, 3.63) is 60.2 Å². The molecule has 1 saturated heterocycles. The molecule has 0 radical (unpaired) electrons. The lowest BCUT2D eigenvalue weighted by Gasteiger charge is -2.42. The van der Waals surface area contributed by atoms with E-state index in [2.05, 4.69) is 49.4 Å². The van der Waals surface area contributed by atoms with Gasteiger partial charge in [0.15, 0.2) is 15.7 Å². The first-order chi connectivity index (χ1) is 20.0. The summed E-state index contributed by atoms with van der Waals surface area (Å²) in [4.78, 5) is 29.9. The minimum Gasteiger partial charge on any atom is -0.359 e. The van der Waals surface area contributed by atoms with E-state index in [4.69, 9.17) is 0 Å². The molecule has 3 heterocycles. The van der Waals surface area contributed by atoms with Gasteiger partial charge in [-0.25, -0.2) is 22.8 Å². The quantitative estimate of drug-likeness (QED) is 0.272. The standard InChI is InChI=1S/C30H36FN7O3S/c1-6-24(38-14-13-37(4)17-19(38)3)29(39)34-23-11-7-9-20-21(16-32-28(20)23)27-18(2)15-33-30(36-27)35-22-10-8-12-25(26(22)31)42(5,40)41/h7-12,15-16,19,24,32H,6,13-14,17H2,1-5H3,(H,34,39)(H,33,35,36)/t19-,24?/m0/s1. The molecule has 4 aromatic rings.